The van der Waals surface area contributed by atoms with Crippen LogP contribution < -0.4 is 0 Å². The third-order valence-corrected chi connectivity index (χ3v) is 12.6. The Hall–Kier alpha value is -2.19. The maximum absolute atomic E-state index is 12.0. The van der Waals surface area contributed by atoms with Crippen LogP contribution in [-0.2, 0) is 52.3 Å². The highest BCUT2D eigenvalue weighted by molar-refractivity contribution is 5.71. The van der Waals surface area contributed by atoms with E-state index in [-0.39, 0.29) is 13.0 Å². The maximum Gasteiger partial charge on any atom is 0.332 e. The van der Waals surface area contributed by atoms with Crippen molar-refractivity contribution in [2.75, 3.05) is 19.8 Å². The smallest absolute Gasteiger partial charge is 0.332 e. The summed E-state index contributed by atoms with van der Waals surface area (Å²) in [6.07, 6.45) is -8.02. The number of unbranched alkanes of at least 4 members (excludes halogenated alkanes) is 12. The van der Waals surface area contributed by atoms with Crippen LogP contribution in [0.2, 0.25) is 0 Å². The average Bonchev–Trinajstić information content (AvgIpc) is 3.28. The number of esters is 2. The zero-order valence-electron chi connectivity index (χ0n) is 39.5. The van der Waals surface area contributed by atoms with Crippen molar-refractivity contribution < 1.29 is 103 Å². The van der Waals surface area contributed by atoms with Gasteiger partial charge in [0, 0.05) is 13.8 Å². The number of aliphatic hydroxyl groups excluding tert-OH is 9. The standard InChI is InChI=1S/C46H82O21/c1-4-5-15-19-29(20-18-23-31(51)30(50)21-16-13-11-9-7-6-8-10-12-14-17-22-32(52)43(58)59)64-45-42(37(55)35(26-61-45)62-27(2)48)67-46-41(36(54)33(53)25-60-46)66-44-39(57)38(56)40(63-28(3)49)34(24-47)65-44/h29-42,44-47,50-57H,4-26H2,1-3H3,(H,58,59)/t29-,30-,31+,32-,33+,34-,35+,36-,37-,38-,39-,40-,41+,42+,44+,45-,46-/m1/s1. The summed E-state index contributed by atoms with van der Waals surface area (Å²) in [5.74, 6) is -2.70. The van der Waals surface area contributed by atoms with E-state index in [9.17, 15) is 60.3 Å². The van der Waals surface area contributed by atoms with E-state index in [0.29, 0.717) is 38.5 Å². The Morgan fingerprint density at radius 3 is 1.64 bits per heavy atom. The van der Waals surface area contributed by atoms with Crippen molar-refractivity contribution in [3.8, 4) is 0 Å². The van der Waals surface area contributed by atoms with Crippen molar-refractivity contribution in [2.24, 2.45) is 0 Å². The van der Waals surface area contributed by atoms with Crippen LogP contribution in [0.3, 0.4) is 0 Å². The fourth-order valence-corrected chi connectivity index (χ4v) is 8.61. The predicted octanol–water partition coefficient (Wildman–Crippen LogP) is 1.23. The molecule has 3 rings (SSSR count). The number of aliphatic carboxylic acids is 1. The van der Waals surface area contributed by atoms with Crippen molar-refractivity contribution >= 4 is 17.9 Å². The van der Waals surface area contributed by atoms with E-state index in [1.807, 2.05) is 0 Å². The number of carbonyl (C=O) groups is 3. The van der Waals surface area contributed by atoms with E-state index >= 15 is 0 Å². The second-order valence-corrected chi connectivity index (χ2v) is 18.2. The fraction of sp³-hybridized carbons (Fsp3) is 0.935. The molecular formula is C46H82O21. The molecule has 0 bridgehead atoms. The number of ether oxygens (including phenoxy) is 8. The van der Waals surface area contributed by atoms with Crippen LogP contribution in [0.1, 0.15) is 149 Å². The van der Waals surface area contributed by atoms with Gasteiger partial charge in [-0.1, -0.05) is 96.8 Å². The first-order valence-electron chi connectivity index (χ1n) is 24.5. The molecule has 392 valence electrons. The van der Waals surface area contributed by atoms with Gasteiger partial charge in [-0.05, 0) is 38.5 Å². The Balaban J connectivity index is 1.56. The summed E-state index contributed by atoms with van der Waals surface area (Å²) in [4.78, 5) is 34.3. The van der Waals surface area contributed by atoms with E-state index < -0.39 is 135 Å². The van der Waals surface area contributed by atoms with Gasteiger partial charge in [0.2, 0.25) is 0 Å². The minimum atomic E-state index is -1.90. The first-order chi connectivity index (χ1) is 32.0. The lowest BCUT2D eigenvalue weighted by atomic mass is 9.98. The van der Waals surface area contributed by atoms with E-state index in [1.54, 1.807) is 0 Å². The van der Waals surface area contributed by atoms with Crippen molar-refractivity contribution in [2.45, 2.75) is 254 Å². The lowest BCUT2D eigenvalue weighted by Crippen LogP contribution is -2.65. The highest BCUT2D eigenvalue weighted by Crippen LogP contribution is 2.33. The normalized spacial score (nSPS) is 32.0. The second kappa shape index (κ2) is 31.9. The van der Waals surface area contributed by atoms with Gasteiger partial charge in [-0.3, -0.25) is 9.59 Å². The van der Waals surface area contributed by atoms with Gasteiger partial charge >= 0.3 is 17.9 Å². The van der Waals surface area contributed by atoms with Crippen LogP contribution >= 0.6 is 0 Å². The number of hydrogen-bond donors (Lipinski definition) is 10. The molecule has 67 heavy (non-hydrogen) atoms. The lowest BCUT2D eigenvalue weighted by molar-refractivity contribution is -0.380. The first-order valence-corrected chi connectivity index (χ1v) is 24.5. The Morgan fingerprint density at radius 2 is 1.07 bits per heavy atom. The molecule has 3 heterocycles. The summed E-state index contributed by atoms with van der Waals surface area (Å²) < 4.78 is 46.2. The van der Waals surface area contributed by atoms with Gasteiger partial charge in [0.1, 0.15) is 48.8 Å². The average molecular weight is 971 g/mol. The Morgan fingerprint density at radius 1 is 0.567 bits per heavy atom. The van der Waals surface area contributed by atoms with Crippen molar-refractivity contribution in [3.05, 3.63) is 0 Å². The number of rotatable bonds is 33. The Labute approximate surface area is 393 Å². The molecular weight excluding hydrogens is 888 g/mol. The molecule has 17 atom stereocenters. The van der Waals surface area contributed by atoms with E-state index in [4.69, 9.17) is 43.0 Å². The summed E-state index contributed by atoms with van der Waals surface area (Å²) in [5.41, 5.74) is 0. The summed E-state index contributed by atoms with van der Waals surface area (Å²) in [7, 11) is 0. The number of hydrogen-bond acceptors (Lipinski definition) is 20. The molecule has 3 aliphatic rings. The van der Waals surface area contributed by atoms with Crippen LogP contribution in [0.4, 0.5) is 0 Å². The lowest BCUT2D eigenvalue weighted by Gasteiger charge is -2.47. The van der Waals surface area contributed by atoms with Gasteiger partial charge in [0.15, 0.2) is 37.2 Å². The Bertz CT molecular complexity index is 1370. The van der Waals surface area contributed by atoms with Crippen LogP contribution in [0.15, 0.2) is 0 Å². The first kappa shape index (κ1) is 59.1. The van der Waals surface area contributed by atoms with Crippen molar-refractivity contribution in [1.29, 1.82) is 0 Å². The summed E-state index contributed by atoms with van der Waals surface area (Å²) in [6.45, 7) is 2.76. The zero-order chi connectivity index (χ0) is 49.5. The molecule has 3 fully saturated rings. The van der Waals surface area contributed by atoms with Crippen molar-refractivity contribution in [1.82, 2.24) is 0 Å². The molecule has 3 aliphatic heterocycles. The molecule has 21 nitrogen and oxygen atoms in total. The molecule has 21 heteroatoms. The number of carbonyl (C=O) groups excluding carboxylic acids is 2. The van der Waals surface area contributed by atoms with E-state index in [2.05, 4.69) is 6.92 Å². The SMILES string of the molecule is CCCCC[C@H](CCC[C@H](O)[C@H](O)CCCCCCCCCCCCC[C@@H](O)C(=O)O)O[C@H]1OC[C@H](OC(C)=O)[C@@H](O)[C@@H]1O[C@H]1OC[C@H](O)[C@@H](O)[C@@H]1O[C@@H]1O[C@H](CO)[C@@H](OC(C)=O)[C@H](O)[C@H]1O. The highest BCUT2D eigenvalue weighted by Gasteiger charge is 2.53. The van der Waals surface area contributed by atoms with Gasteiger partial charge in [0.25, 0.3) is 0 Å². The van der Waals surface area contributed by atoms with Crippen LogP contribution in [0.25, 0.3) is 0 Å². The quantitative estimate of drug-likeness (QED) is 0.0327. The largest absolute Gasteiger partial charge is 0.479 e. The molecule has 0 aromatic rings. The minimum Gasteiger partial charge on any atom is -0.479 e. The summed E-state index contributed by atoms with van der Waals surface area (Å²) >= 11 is 0. The molecule has 10 N–H and O–H groups in total. The topological polar surface area (TPSA) is 327 Å². The third kappa shape index (κ3) is 20.6. The number of carboxylic acid groups (broad SMARTS) is 1. The van der Waals surface area contributed by atoms with Crippen LogP contribution in [-0.4, -0.2) is 193 Å². The van der Waals surface area contributed by atoms with E-state index in [0.717, 1.165) is 97.3 Å². The maximum atomic E-state index is 12.0. The molecule has 0 aliphatic carbocycles. The molecule has 0 aromatic heterocycles. The molecule has 0 spiro atoms. The minimum absolute atomic E-state index is 0.275. The molecule has 0 radical (unpaired) electrons. The van der Waals surface area contributed by atoms with Crippen LogP contribution in [0.5, 0.6) is 0 Å². The van der Waals surface area contributed by atoms with Crippen LogP contribution in [0, 0.1) is 0 Å². The molecule has 0 aromatic carbocycles. The monoisotopic (exact) mass is 971 g/mol. The Kier molecular flexibility index (Phi) is 28.2. The molecule has 0 amide bonds. The van der Waals surface area contributed by atoms with E-state index in [1.165, 1.54) is 0 Å². The van der Waals surface area contributed by atoms with Gasteiger partial charge in [-0.25, -0.2) is 4.79 Å². The van der Waals surface area contributed by atoms with Crippen molar-refractivity contribution in [3.63, 3.8) is 0 Å². The zero-order valence-corrected chi connectivity index (χ0v) is 39.5. The van der Waals surface area contributed by atoms with Gasteiger partial charge < -0.3 is 89.0 Å². The molecule has 3 saturated heterocycles. The molecule has 0 saturated carbocycles. The molecule has 0 unspecified atom stereocenters. The van der Waals surface area contributed by atoms with Gasteiger partial charge in [0.05, 0.1) is 38.1 Å². The summed E-state index contributed by atoms with van der Waals surface area (Å²) in [6, 6.07) is 0. The predicted molar refractivity (Wildman–Crippen MR) is 235 cm³/mol. The highest BCUT2D eigenvalue weighted by atomic mass is 16.8. The second-order valence-electron chi connectivity index (χ2n) is 18.2. The van der Waals surface area contributed by atoms with Gasteiger partial charge in [-0.15, -0.1) is 0 Å². The summed E-state index contributed by atoms with van der Waals surface area (Å²) in [5, 5.41) is 105. The van der Waals surface area contributed by atoms with Gasteiger partial charge in [-0.2, -0.15) is 0 Å². The fourth-order valence-electron chi connectivity index (χ4n) is 8.61. The number of carboxylic acids is 1. The third-order valence-electron chi connectivity index (χ3n) is 12.6. The number of aliphatic hydroxyl groups is 9.